The molecule has 5 heteroatoms. The molecule has 168 valence electrons. The highest BCUT2D eigenvalue weighted by atomic mass is 32.2. The van der Waals surface area contributed by atoms with Crippen LogP contribution in [0.5, 0.6) is 0 Å². The molecule has 0 atom stereocenters. The number of allylic oxidation sites excluding steroid dienone is 2. The molecule has 1 heterocycles. The number of hydrogen-bond acceptors (Lipinski definition) is 5. The summed E-state index contributed by atoms with van der Waals surface area (Å²) < 4.78 is 2.24. The van der Waals surface area contributed by atoms with Crippen LogP contribution in [-0.2, 0) is 16.0 Å². The fourth-order valence-corrected chi connectivity index (χ4v) is 5.28. The van der Waals surface area contributed by atoms with Gasteiger partial charge in [0.1, 0.15) is 12.6 Å². The zero-order chi connectivity index (χ0) is 23.6. The van der Waals surface area contributed by atoms with Crippen LogP contribution in [0, 0.1) is 20.8 Å². The predicted molar refractivity (Wildman–Crippen MR) is 137 cm³/mol. The van der Waals surface area contributed by atoms with Crippen molar-refractivity contribution in [1.29, 1.82) is 0 Å². The van der Waals surface area contributed by atoms with Gasteiger partial charge >= 0.3 is 0 Å². The third-order valence-corrected chi connectivity index (χ3v) is 7.13. The number of nitrogens with zero attached hydrogens (tertiary/aromatic N) is 2. The molecule has 0 spiro atoms. The molecule has 0 N–H and O–H groups in total. The molecule has 1 aliphatic rings. The standard InChI is InChI=1S/C27H32N2O2S/c1-17-8-10-21(11-9-17)24-19(3)25-26(20(4)28(5)6)22(12-14-30)16-29(32-7)27(25)18(2)23(24)13-15-31/h8-12,14-15H,13,16H2,1-7H3/b22-12-,26-20+. The van der Waals surface area contributed by atoms with Crippen LogP contribution < -0.4 is 4.31 Å². The van der Waals surface area contributed by atoms with E-state index in [0.717, 1.165) is 68.5 Å². The lowest BCUT2D eigenvalue weighted by molar-refractivity contribution is -0.107. The van der Waals surface area contributed by atoms with Crippen LogP contribution >= 0.6 is 11.9 Å². The van der Waals surface area contributed by atoms with Gasteiger partial charge in [0.25, 0.3) is 0 Å². The summed E-state index contributed by atoms with van der Waals surface area (Å²) in [5, 5.41) is 0. The molecule has 0 aromatic heterocycles. The molecule has 3 rings (SSSR count). The van der Waals surface area contributed by atoms with Crippen molar-refractivity contribution in [3.8, 4) is 11.1 Å². The van der Waals surface area contributed by atoms with Crippen molar-refractivity contribution in [2.45, 2.75) is 34.1 Å². The summed E-state index contributed by atoms with van der Waals surface area (Å²) in [5.41, 5.74) is 12.3. The molecule has 0 saturated carbocycles. The topological polar surface area (TPSA) is 40.6 Å². The number of benzene rings is 2. The molecule has 2 aromatic carbocycles. The smallest absolute Gasteiger partial charge is 0.143 e. The zero-order valence-electron chi connectivity index (χ0n) is 20.1. The van der Waals surface area contributed by atoms with Gasteiger partial charge in [-0.05, 0) is 67.2 Å². The van der Waals surface area contributed by atoms with E-state index in [1.54, 1.807) is 18.0 Å². The predicted octanol–water partition coefficient (Wildman–Crippen LogP) is 5.54. The molecular weight excluding hydrogens is 416 g/mol. The van der Waals surface area contributed by atoms with Crippen molar-refractivity contribution in [3.63, 3.8) is 0 Å². The first-order valence-corrected chi connectivity index (χ1v) is 12.0. The van der Waals surface area contributed by atoms with Gasteiger partial charge in [-0.25, -0.2) is 0 Å². The van der Waals surface area contributed by atoms with Crippen LogP contribution in [0.3, 0.4) is 0 Å². The Hall–Kier alpha value is -2.79. The molecule has 2 aromatic rings. The quantitative estimate of drug-likeness (QED) is 0.330. The molecule has 0 saturated heterocycles. The SMILES string of the molecule is CSN1CC(=C/C=O)/C(=C(/C)N(C)C)c2c(C)c(-c3ccc(C)cc3)c(CC=O)c(C)c21. The maximum atomic E-state index is 11.7. The highest BCUT2D eigenvalue weighted by molar-refractivity contribution is 8.00. The fraction of sp³-hybridized carbons (Fsp3) is 0.333. The molecule has 0 amide bonds. The van der Waals surface area contributed by atoms with E-state index < -0.39 is 0 Å². The number of hydrogen-bond donors (Lipinski definition) is 0. The second-order valence-electron chi connectivity index (χ2n) is 8.47. The van der Waals surface area contributed by atoms with Gasteiger partial charge in [-0.2, -0.15) is 0 Å². The number of carbonyl (C=O) groups excluding carboxylic acids is 2. The van der Waals surface area contributed by atoms with Crippen molar-refractivity contribution < 1.29 is 9.59 Å². The monoisotopic (exact) mass is 448 g/mol. The minimum absolute atomic E-state index is 0.369. The lowest BCUT2D eigenvalue weighted by Gasteiger charge is -2.38. The Morgan fingerprint density at radius 1 is 1.06 bits per heavy atom. The van der Waals surface area contributed by atoms with E-state index in [0.29, 0.717) is 13.0 Å². The first-order chi connectivity index (χ1) is 15.3. The summed E-state index contributed by atoms with van der Waals surface area (Å²) in [7, 11) is 4.07. The molecule has 4 nitrogen and oxygen atoms in total. The summed E-state index contributed by atoms with van der Waals surface area (Å²) in [5.74, 6) is 0. The largest absolute Gasteiger partial charge is 0.381 e. The average molecular weight is 449 g/mol. The summed E-state index contributed by atoms with van der Waals surface area (Å²) in [6, 6.07) is 8.50. The first-order valence-electron chi connectivity index (χ1n) is 10.8. The van der Waals surface area contributed by atoms with Crippen molar-refractivity contribution >= 4 is 35.8 Å². The minimum Gasteiger partial charge on any atom is -0.381 e. The molecular formula is C27H32N2O2S. The number of aryl methyl sites for hydroxylation is 1. The molecule has 0 aliphatic carbocycles. The number of rotatable bonds is 6. The first kappa shape index (κ1) is 23.9. The maximum absolute atomic E-state index is 11.7. The van der Waals surface area contributed by atoms with Gasteiger partial charge in [-0.3, -0.25) is 4.79 Å². The van der Waals surface area contributed by atoms with Crippen LogP contribution in [0.15, 0.2) is 41.6 Å². The van der Waals surface area contributed by atoms with E-state index >= 15 is 0 Å². The molecule has 0 radical (unpaired) electrons. The minimum atomic E-state index is 0.369. The summed E-state index contributed by atoms with van der Waals surface area (Å²) in [6.45, 7) is 9.08. The highest BCUT2D eigenvalue weighted by Gasteiger charge is 2.32. The van der Waals surface area contributed by atoms with E-state index in [1.165, 1.54) is 5.56 Å². The van der Waals surface area contributed by atoms with E-state index in [2.05, 4.69) is 67.4 Å². The van der Waals surface area contributed by atoms with E-state index in [-0.39, 0.29) is 0 Å². The summed E-state index contributed by atoms with van der Waals surface area (Å²) >= 11 is 1.65. The van der Waals surface area contributed by atoms with Gasteiger partial charge in [-0.1, -0.05) is 41.8 Å². The lowest BCUT2D eigenvalue weighted by atomic mass is 9.79. The Morgan fingerprint density at radius 3 is 2.25 bits per heavy atom. The second kappa shape index (κ2) is 9.78. The van der Waals surface area contributed by atoms with Gasteiger partial charge in [0.2, 0.25) is 0 Å². The summed E-state index contributed by atoms with van der Waals surface area (Å²) in [4.78, 5) is 25.4. The van der Waals surface area contributed by atoms with Crippen molar-refractivity contribution in [1.82, 2.24) is 4.90 Å². The Bertz CT molecular complexity index is 1110. The normalized spacial score (nSPS) is 16.1. The third kappa shape index (κ3) is 4.14. The molecule has 0 fully saturated rings. The number of fused-ring (bicyclic) bond motifs is 1. The van der Waals surface area contributed by atoms with Crippen molar-refractivity contribution in [2.24, 2.45) is 0 Å². The highest BCUT2D eigenvalue weighted by Crippen LogP contribution is 2.49. The zero-order valence-corrected chi connectivity index (χ0v) is 20.9. The average Bonchev–Trinajstić information content (AvgIpc) is 2.77. The van der Waals surface area contributed by atoms with Crippen LogP contribution in [0.25, 0.3) is 16.7 Å². The van der Waals surface area contributed by atoms with Crippen LogP contribution in [0.1, 0.15) is 34.7 Å². The Balaban J connectivity index is 2.53. The van der Waals surface area contributed by atoms with Crippen LogP contribution in [-0.4, -0.2) is 44.4 Å². The van der Waals surface area contributed by atoms with Gasteiger partial charge in [-0.15, -0.1) is 0 Å². The van der Waals surface area contributed by atoms with Crippen molar-refractivity contribution in [2.75, 3.05) is 31.2 Å². The Morgan fingerprint density at radius 2 is 1.72 bits per heavy atom. The number of aldehydes is 2. The summed E-state index contributed by atoms with van der Waals surface area (Å²) in [6.07, 6.45) is 5.99. The molecule has 0 unspecified atom stereocenters. The van der Waals surface area contributed by atoms with Gasteiger partial charge in [0.05, 0.1) is 12.2 Å². The van der Waals surface area contributed by atoms with E-state index in [1.807, 2.05) is 14.1 Å². The van der Waals surface area contributed by atoms with Crippen LogP contribution in [0.4, 0.5) is 5.69 Å². The van der Waals surface area contributed by atoms with Crippen LogP contribution in [0.2, 0.25) is 0 Å². The number of carbonyl (C=O) groups is 2. The fourth-order valence-electron chi connectivity index (χ4n) is 4.60. The van der Waals surface area contributed by atoms with E-state index in [9.17, 15) is 9.59 Å². The van der Waals surface area contributed by atoms with Gasteiger partial charge in [0, 0.05) is 43.6 Å². The third-order valence-electron chi connectivity index (χ3n) is 6.38. The molecule has 0 bridgehead atoms. The van der Waals surface area contributed by atoms with Gasteiger partial charge in [0.15, 0.2) is 0 Å². The number of anilines is 1. The van der Waals surface area contributed by atoms with E-state index in [4.69, 9.17) is 0 Å². The lowest BCUT2D eigenvalue weighted by Crippen LogP contribution is -2.28. The molecule has 32 heavy (non-hydrogen) atoms. The second-order valence-corrected chi connectivity index (χ2v) is 9.27. The maximum Gasteiger partial charge on any atom is 0.143 e. The Labute approximate surface area is 196 Å². The van der Waals surface area contributed by atoms with Gasteiger partial charge < -0.3 is 14.0 Å². The Kier molecular flexibility index (Phi) is 7.29. The molecule has 1 aliphatic heterocycles. The van der Waals surface area contributed by atoms with Crippen molar-refractivity contribution in [3.05, 3.63) is 69.4 Å².